The normalized spacial score (nSPS) is 31.1. The largest absolute Gasteiger partial charge is 0.383 e. The van der Waals surface area contributed by atoms with Crippen molar-refractivity contribution in [1.82, 2.24) is 10.2 Å². The van der Waals surface area contributed by atoms with Crippen LogP contribution in [0.15, 0.2) is 0 Å². The third kappa shape index (κ3) is 5.22. The summed E-state index contributed by atoms with van der Waals surface area (Å²) in [5.41, 5.74) is 0.498. The number of ether oxygens (including phenoxy) is 1. The van der Waals surface area contributed by atoms with Gasteiger partial charge in [0.05, 0.1) is 6.61 Å². The topological polar surface area (TPSA) is 24.5 Å². The average Bonchev–Trinajstić information content (AvgIpc) is 3.01. The van der Waals surface area contributed by atoms with Crippen molar-refractivity contribution in [2.24, 2.45) is 11.3 Å². The maximum atomic E-state index is 5.17. The number of nitrogens with zero attached hydrogens (tertiary/aromatic N) is 1. The van der Waals surface area contributed by atoms with Gasteiger partial charge >= 0.3 is 0 Å². The van der Waals surface area contributed by atoms with Gasteiger partial charge in [0, 0.05) is 32.8 Å². The van der Waals surface area contributed by atoms with Crippen molar-refractivity contribution in [1.29, 1.82) is 0 Å². The summed E-state index contributed by atoms with van der Waals surface area (Å²) in [5, 5.41) is 3.66. The Balaban J connectivity index is 1.87. The second kappa shape index (κ2) is 8.50. The van der Waals surface area contributed by atoms with E-state index in [9.17, 15) is 0 Å². The highest BCUT2D eigenvalue weighted by Crippen LogP contribution is 2.40. The molecule has 0 heterocycles. The van der Waals surface area contributed by atoms with Crippen LogP contribution in [0.3, 0.4) is 0 Å². The molecule has 2 aliphatic carbocycles. The molecule has 3 nitrogen and oxygen atoms in total. The molecular weight excluding hydrogens is 260 g/mol. The molecule has 0 aromatic heterocycles. The smallest absolute Gasteiger partial charge is 0.0587 e. The summed E-state index contributed by atoms with van der Waals surface area (Å²) in [6, 6.07) is 0.847. The zero-order valence-corrected chi connectivity index (χ0v) is 14.5. The van der Waals surface area contributed by atoms with Gasteiger partial charge in [0.15, 0.2) is 0 Å². The van der Waals surface area contributed by atoms with Gasteiger partial charge in [0.2, 0.25) is 0 Å². The summed E-state index contributed by atoms with van der Waals surface area (Å²) < 4.78 is 5.17. The summed E-state index contributed by atoms with van der Waals surface area (Å²) in [6.07, 6.45) is 11.3. The fourth-order valence-corrected chi connectivity index (χ4v) is 4.30. The second-order valence-corrected chi connectivity index (χ2v) is 7.71. The van der Waals surface area contributed by atoms with E-state index in [0.29, 0.717) is 5.41 Å². The van der Waals surface area contributed by atoms with Gasteiger partial charge in [-0.2, -0.15) is 0 Å². The Hall–Kier alpha value is -0.120. The average molecular weight is 296 g/mol. The maximum Gasteiger partial charge on any atom is 0.0587 e. The number of nitrogens with one attached hydrogen (secondary N) is 1. The third-order valence-corrected chi connectivity index (χ3v) is 5.85. The molecule has 2 rings (SSSR count). The Morgan fingerprint density at radius 3 is 2.43 bits per heavy atom. The summed E-state index contributed by atoms with van der Waals surface area (Å²) in [4.78, 5) is 2.68. The van der Waals surface area contributed by atoms with Crippen molar-refractivity contribution in [3.8, 4) is 0 Å². The van der Waals surface area contributed by atoms with Crippen LogP contribution >= 0.6 is 0 Å². The van der Waals surface area contributed by atoms with Gasteiger partial charge in [-0.3, -0.25) is 0 Å². The molecule has 2 aliphatic rings. The lowest BCUT2D eigenvalue weighted by Crippen LogP contribution is -2.47. The Bertz CT molecular complexity index is 281. The van der Waals surface area contributed by atoms with Crippen LogP contribution in [0.2, 0.25) is 0 Å². The molecule has 0 atom stereocenters. The minimum Gasteiger partial charge on any atom is -0.383 e. The van der Waals surface area contributed by atoms with Crippen LogP contribution in [0.1, 0.15) is 58.3 Å². The van der Waals surface area contributed by atoms with E-state index in [2.05, 4.69) is 24.2 Å². The lowest BCUT2D eigenvalue weighted by molar-refractivity contribution is 0.0773. The predicted octanol–water partition coefficient (Wildman–Crippen LogP) is 3.29. The molecule has 2 saturated carbocycles. The zero-order valence-electron chi connectivity index (χ0n) is 14.5. The molecule has 0 radical (unpaired) electrons. The molecule has 0 saturated heterocycles. The number of methoxy groups -OCH3 is 1. The van der Waals surface area contributed by atoms with Gasteiger partial charge in [-0.05, 0) is 44.1 Å². The summed E-state index contributed by atoms with van der Waals surface area (Å²) in [7, 11) is 4.15. The highest BCUT2D eigenvalue weighted by molar-refractivity contribution is 4.90. The lowest BCUT2D eigenvalue weighted by atomic mass is 9.70. The third-order valence-electron chi connectivity index (χ3n) is 5.85. The highest BCUT2D eigenvalue weighted by Gasteiger charge is 2.36. The van der Waals surface area contributed by atoms with Gasteiger partial charge < -0.3 is 15.0 Å². The number of rotatable bonds is 8. The summed E-state index contributed by atoms with van der Waals surface area (Å²) in [6.45, 7) is 6.68. The van der Waals surface area contributed by atoms with Crippen LogP contribution in [0.4, 0.5) is 0 Å². The van der Waals surface area contributed by atoms with E-state index < -0.39 is 0 Å². The highest BCUT2D eigenvalue weighted by atomic mass is 16.5. The van der Waals surface area contributed by atoms with Crippen LogP contribution in [-0.4, -0.2) is 51.3 Å². The summed E-state index contributed by atoms with van der Waals surface area (Å²) >= 11 is 0. The Kier molecular flexibility index (Phi) is 6.97. The van der Waals surface area contributed by atoms with Crippen LogP contribution in [0, 0.1) is 11.3 Å². The first-order chi connectivity index (χ1) is 10.2. The van der Waals surface area contributed by atoms with E-state index in [-0.39, 0.29) is 0 Å². The number of hydrogen-bond donors (Lipinski definition) is 1. The van der Waals surface area contributed by atoms with E-state index in [0.717, 1.165) is 25.1 Å². The van der Waals surface area contributed by atoms with Crippen molar-refractivity contribution < 1.29 is 4.74 Å². The molecule has 0 bridgehead atoms. The number of hydrogen-bond acceptors (Lipinski definition) is 3. The van der Waals surface area contributed by atoms with Gasteiger partial charge in [0.25, 0.3) is 0 Å². The quantitative estimate of drug-likeness (QED) is 0.696. The standard InChI is InChI=1S/C18H36N2O/c1-16-8-10-18(11-9-16,14-19-12-13-21-3)15-20(2)17-6-4-5-7-17/h16-17,19H,4-15H2,1-3H3. The van der Waals surface area contributed by atoms with E-state index in [4.69, 9.17) is 4.74 Å². The fourth-order valence-electron chi connectivity index (χ4n) is 4.30. The molecule has 21 heavy (non-hydrogen) atoms. The monoisotopic (exact) mass is 296 g/mol. The molecule has 0 aromatic rings. The van der Waals surface area contributed by atoms with Crippen molar-refractivity contribution in [3.05, 3.63) is 0 Å². The van der Waals surface area contributed by atoms with Gasteiger partial charge in [-0.25, -0.2) is 0 Å². The molecule has 0 amide bonds. The molecule has 0 aliphatic heterocycles. The SMILES string of the molecule is COCCNCC1(CN(C)C2CCCC2)CCC(C)CC1. The molecule has 1 N–H and O–H groups in total. The molecule has 2 fully saturated rings. The van der Waals surface area contributed by atoms with Crippen LogP contribution < -0.4 is 5.32 Å². The minimum atomic E-state index is 0.498. The van der Waals surface area contributed by atoms with Crippen molar-refractivity contribution in [2.45, 2.75) is 64.3 Å². The second-order valence-electron chi connectivity index (χ2n) is 7.71. The van der Waals surface area contributed by atoms with Crippen molar-refractivity contribution in [3.63, 3.8) is 0 Å². The fraction of sp³-hybridized carbons (Fsp3) is 1.00. The lowest BCUT2D eigenvalue weighted by Gasteiger charge is -2.43. The van der Waals surface area contributed by atoms with Crippen LogP contribution in [0.25, 0.3) is 0 Å². The minimum absolute atomic E-state index is 0.498. The Morgan fingerprint density at radius 2 is 1.81 bits per heavy atom. The molecule has 124 valence electrons. The van der Waals surface area contributed by atoms with Gasteiger partial charge in [-0.1, -0.05) is 32.6 Å². The molecule has 0 aromatic carbocycles. The maximum absolute atomic E-state index is 5.17. The Labute approximate surface area is 131 Å². The van der Waals surface area contributed by atoms with E-state index in [1.807, 2.05) is 0 Å². The first-order valence-electron chi connectivity index (χ1n) is 9.05. The first kappa shape index (κ1) is 17.2. The Morgan fingerprint density at radius 1 is 1.14 bits per heavy atom. The van der Waals surface area contributed by atoms with Crippen molar-refractivity contribution in [2.75, 3.05) is 40.4 Å². The van der Waals surface area contributed by atoms with Crippen molar-refractivity contribution >= 4 is 0 Å². The first-order valence-corrected chi connectivity index (χ1v) is 9.05. The van der Waals surface area contributed by atoms with Crippen LogP contribution in [-0.2, 0) is 4.74 Å². The molecule has 0 spiro atoms. The summed E-state index contributed by atoms with van der Waals surface area (Å²) in [5.74, 6) is 0.925. The van der Waals surface area contributed by atoms with Gasteiger partial charge in [0.1, 0.15) is 0 Å². The predicted molar refractivity (Wildman–Crippen MR) is 89.7 cm³/mol. The van der Waals surface area contributed by atoms with Crippen LogP contribution in [0.5, 0.6) is 0 Å². The van der Waals surface area contributed by atoms with E-state index >= 15 is 0 Å². The van der Waals surface area contributed by atoms with E-state index in [1.165, 1.54) is 64.5 Å². The van der Waals surface area contributed by atoms with Gasteiger partial charge in [-0.15, -0.1) is 0 Å². The zero-order chi connectivity index (χ0) is 15.1. The van der Waals surface area contributed by atoms with E-state index in [1.54, 1.807) is 7.11 Å². The molecule has 3 heteroatoms. The molecule has 0 unspecified atom stereocenters. The molecular formula is C18H36N2O.